The number of carboxylic acids is 1. The number of rotatable bonds is 4. The molecular weight excluding hydrogens is 230 g/mol. The van der Waals surface area contributed by atoms with Gasteiger partial charge in [0.1, 0.15) is 12.0 Å². The number of carbonyl (C=O) groups is 1. The second-order valence-electron chi connectivity index (χ2n) is 5.45. The number of aromatic carboxylic acids is 1. The molecule has 0 saturated heterocycles. The lowest BCUT2D eigenvalue weighted by atomic mass is 9.86. The Hall–Kier alpha value is -1.29. The van der Waals surface area contributed by atoms with Crippen LogP contribution in [0.1, 0.15) is 48.7 Å². The first kappa shape index (κ1) is 13.1. The highest BCUT2D eigenvalue weighted by Crippen LogP contribution is 2.27. The van der Waals surface area contributed by atoms with Crippen LogP contribution in [0.2, 0.25) is 0 Å². The summed E-state index contributed by atoms with van der Waals surface area (Å²) < 4.78 is 5.29. The standard InChI is InChI=1S/C14H21NO3/c1-10-4-3-5-12(6-10)15(2)8-13-7-11(9-18-13)14(16)17/h7,9-10,12H,3-6,8H2,1-2H3,(H,16,17). The molecule has 2 atom stereocenters. The monoisotopic (exact) mass is 251 g/mol. The van der Waals surface area contributed by atoms with Crippen LogP contribution in [0.3, 0.4) is 0 Å². The summed E-state index contributed by atoms with van der Waals surface area (Å²) in [5.74, 6) is 0.587. The Morgan fingerprint density at radius 1 is 1.56 bits per heavy atom. The van der Waals surface area contributed by atoms with Crippen molar-refractivity contribution in [1.29, 1.82) is 0 Å². The van der Waals surface area contributed by atoms with Crippen LogP contribution in [-0.2, 0) is 6.54 Å². The van der Waals surface area contributed by atoms with E-state index in [0.29, 0.717) is 12.6 Å². The lowest BCUT2D eigenvalue weighted by molar-refractivity contribution is 0.0696. The molecule has 4 nitrogen and oxygen atoms in total. The molecule has 4 heteroatoms. The molecule has 0 aromatic carbocycles. The number of nitrogens with zero attached hydrogens (tertiary/aromatic N) is 1. The second kappa shape index (κ2) is 5.57. The third kappa shape index (κ3) is 3.13. The molecule has 1 aromatic heterocycles. The number of furan rings is 1. The molecule has 100 valence electrons. The molecule has 18 heavy (non-hydrogen) atoms. The van der Waals surface area contributed by atoms with Crippen LogP contribution >= 0.6 is 0 Å². The predicted molar refractivity (Wildman–Crippen MR) is 68.6 cm³/mol. The summed E-state index contributed by atoms with van der Waals surface area (Å²) in [6.45, 7) is 2.99. The largest absolute Gasteiger partial charge is 0.478 e. The van der Waals surface area contributed by atoms with E-state index in [4.69, 9.17) is 9.52 Å². The van der Waals surface area contributed by atoms with Crippen LogP contribution in [0.15, 0.2) is 16.7 Å². The highest BCUT2D eigenvalue weighted by Gasteiger charge is 2.23. The minimum atomic E-state index is -0.932. The maximum Gasteiger partial charge on any atom is 0.338 e. The first-order valence-electron chi connectivity index (χ1n) is 6.57. The zero-order valence-electron chi connectivity index (χ0n) is 11.1. The fourth-order valence-corrected chi connectivity index (χ4v) is 2.75. The van der Waals surface area contributed by atoms with Crippen LogP contribution < -0.4 is 0 Å². The fourth-order valence-electron chi connectivity index (χ4n) is 2.75. The van der Waals surface area contributed by atoms with E-state index in [-0.39, 0.29) is 5.56 Å². The van der Waals surface area contributed by atoms with Gasteiger partial charge >= 0.3 is 5.97 Å². The lowest BCUT2D eigenvalue weighted by Crippen LogP contribution is -2.34. The van der Waals surface area contributed by atoms with E-state index < -0.39 is 5.97 Å². The molecule has 0 spiro atoms. The molecule has 1 aliphatic rings. The first-order chi connectivity index (χ1) is 8.56. The van der Waals surface area contributed by atoms with Crippen molar-refractivity contribution in [1.82, 2.24) is 4.90 Å². The van der Waals surface area contributed by atoms with Crippen LogP contribution in [0.25, 0.3) is 0 Å². The van der Waals surface area contributed by atoms with Crippen LogP contribution in [0.4, 0.5) is 0 Å². The Morgan fingerprint density at radius 3 is 2.94 bits per heavy atom. The van der Waals surface area contributed by atoms with Gasteiger partial charge in [0.15, 0.2) is 0 Å². The molecule has 1 saturated carbocycles. The van der Waals surface area contributed by atoms with Gasteiger partial charge in [0.2, 0.25) is 0 Å². The Labute approximate surface area is 108 Å². The lowest BCUT2D eigenvalue weighted by Gasteiger charge is -2.33. The van der Waals surface area contributed by atoms with Crippen molar-refractivity contribution in [2.75, 3.05) is 7.05 Å². The van der Waals surface area contributed by atoms with E-state index in [1.165, 1.54) is 31.9 Å². The van der Waals surface area contributed by atoms with Gasteiger partial charge in [-0.05, 0) is 31.9 Å². The molecule has 2 rings (SSSR count). The molecule has 0 bridgehead atoms. The van der Waals surface area contributed by atoms with E-state index >= 15 is 0 Å². The molecular formula is C14H21NO3. The summed E-state index contributed by atoms with van der Waals surface area (Å²) >= 11 is 0. The molecule has 1 fully saturated rings. The topological polar surface area (TPSA) is 53.7 Å². The highest BCUT2D eigenvalue weighted by atomic mass is 16.4. The third-order valence-corrected chi connectivity index (χ3v) is 3.84. The fraction of sp³-hybridized carbons (Fsp3) is 0.643. The Balaban J connectivity index is 1.93. The van der Waals surface area contributed by atoms with Crippen LogP contribution in [0, 0.1) is 5.92 Å². The molecule has 1 heterocycles. The van der Waals surface area contributed by atoms with E-state index in [1.54, 1.807) is 6.07 Å². The van der Waals surface area contributed by atoms with Crippen molar-refractivity contribution in [3.63, 3.8) is 0 Å². The predicted octanol–water partition coefficient (Wildman–Crippen LogP) is 2.99. The quantitative estimate of drug-likeness (QED) is 0.893. The van der Waals surface area contributed by atoms with Crippen molar-refractivity contribution in [3.05, 3.63) is 23.7 Å². The molecule has 1 aliphatic carbocycles. The summed E-state index contributed by atoms with van der Waals surface area (Å²) in [6.07, 6.45) is 6.38. The highest BCUT2D eigenvalue weighted by molar-refractivity contribution is 5.87. The summed E-state index contributed by atoms with van der Waals surface area (Å²) in [6, 6.07) is 2.21. The minimum absolute atomic E-state index is 0.232. The molecule has 1 aromatic rings. The SMILES string of the molecule is CC1CCCC(N(C)Cc2cc(C(=O)O)co2)C1. The zero-order valence-corrected chi connectivity index (χ0v) is 11.1. The van der Waals surface area contributed by atoms with E-state index in [2.05, 4.69) is 18.9 Å². The van der Waals surface area contributed by atoms with Crippen molar-refractivity contribution in [2.24, 2.45) is 5.92 Å². The summed E-state index contributed by atoms with van der Waals surface area (Å²) in [4.78, 5) is 13.0. The molecule has 1 N–H and O–H groups in total. The van der Waals surface area contributed by atoms with Gasteiger partial charge in [0.25, 0.3) is 0 Å². The van der Waals surface area contributed by atoms with Crippen LogP contribution in [0.5, 0.6) is 0 Å². The van der Waals surface area contributed by atoms with Gasteiger partial charge < -0.3 is 9.52 Å². The third-order valence-electron chi connectivity index (χ3n) is 3.84. The minimum Gasteiger partial charge on any atom is -0.478 e. The summed E-state index contributed by atoms with van der Waals surface area (Å²) in [7, 11) is 2.09. The van der Waals surface area contributed by atoms with E-state index in [0.717, 1.165) is 11.7 Å². The summed E-state index contributed by atoms with van der Waals surface area (Å²) in [5.41, 5.74) is 0.232. The second-order valence-corrected chi connectivity index (χ2v) is 5.45. The Bertz CT molecular complexity index is 413. The van der Waals surface area contributed by atoms with Gasteiger partial charge in [0.05, 0.1) is 12.1 Å². The number of hydrogen-bond acceptors (Lipinski definition) is 3. The number of hydrogen-bond donors (Lipinski definition) is 1. The zero-order chi connectivity index (χ0) is 13.1. The van der Waals surface area contributed by atoms with Crippen molar-refractivity contribution >= 4 is 5.97 Å². The Kier molecular flexibility index (Phi) is 4.07. The molecule has 0 radical (unpaired) electrons. The van der Waals surface area contributed by atoms with Gasteiger partial charge in [-0.1, -0.05) is 19.8 Å². The molecule has 0 aliphatic heterocycles. The van der Waals surface area contributed by atoms with Crippen molar-refractivity contribution in [3.8, 4) is 0 Å². The van der Waals surface area contributed by atoms with Gasteiger partial charge in [-0.25, -0.2) is 4.79 Å². The Morgan fingerprint density at radius 2 is 2.33 bits per heavy atom. The average Bonchev–Trinajstić information content (AvgIpc) is 2.77. The van der Waals surface area contributed by atoms with E-state index in [1.807, 2.05) is 0 Å². The average molecular weight is 251 g/mol. The number of carboxylic acid groups (broad SMARTS) is 1. The smallest absolute Gasteiger partial charge is 0.338 e. The van der Waals surface area contributed by atoms with Gasteiger partial charge in [0, 0.05) is 6.04 Å². The van der Waals surface area contributed by atoms with Crippen molar-refractivity contribution < 1.29 is 14.3 Å². The normalized spacial score (nSPS) is 24.4. The molecule has 2 unspecified atom stereocenters. The van der Waals surface area contributed by atoms with Gasteiger partial charge in [-0.3, -0.25) is 4.90 Å². The van der Waals surface area contributed by atoms with E-state index in [9.17, 15) is 4.79 Å². The van der Waals surface area contributed by atoms with Gasteiger partial charge in [-0.2, -0.15) is 0 Å². The van der Waals surface area contributed by atoms with Crippen LogP contribution in [-0.4, -0.2) is 29.1 Å². The van der Waals surface area contributed by atoms with Crippen molar-refractivity contribution in [2.45, 2.75) is 45.2 Å². The maximum absolute atomic E-state index is 10.8. The summed E-state index contributed by atoms with van der Waals surface area (Å²) in [5, 5.41) is 8.84. The maximum atomic E-state index is 10.8. The first-order valence-corrected chi connectivity index (χ1v) is 6.57. The molecule has 0 amide bonds. The van der Waals surface area contributed by atoms with Gasteiger partial charge in [-0.15, -0.1) is 0 Å².